The highest BCUT2D eigenvalue weighted by atomic mass is 35.5. The third kappa shape index (κ3) is 4.57. The molecule has 0 amide bonds. The average Bonchev–Trinajstić information content (AvgIpc) is 3.35. The zero-order valence-corrected chi connectivity index (χ0v) is 17.2. The summed E-state index contributed by atoms with van der Waals surface area (Å²) in [5, 5.41) is 5.50. The Morgan fingerprint density at radius 2 is 1.78 bits per heavy atom. The summed E-state index contributed by atoms with van der Waals surface area (Å²) in [6.07, 6.45) is 5.82. The SMILES string of the molecule is CS(=O)(=O)c1ccc(-c2nn(CC3CC3)cc2Sc2ccc(Cl)cc2)cc1. The van der Waals surface area contributed by atoms with Crippen molar-refractivity contribution in [3.05, 3.63) is 59.8 Å². The second-order valence-corrected chi connectivity index (χ2v) is 10.4. The van der Waals surface area contributed by atoms with Crippen LogP contribution in [0.5, 0.6) is 0 Å². The number of nitrogens with zero attached hydrogens (tertiary/aromatic N) is 2. The van der Waals surface area contributed by atoms with Crippen molar-refractivity contribution in [1.29, 1.82) is 0 Å². The zero-order valence-electron chi connectivity index (χ0n) is 14.8. The molecule has 0 atom stereocenters. The molecular formula is C20H19ClN2O2S2. The molecule has 27 heavy (non-hydrogen) atoms. The van der Waals surface area contributed by atoms with Crippen molar-refractivity contribution in [3.8, 4) is 11.3 Å². The van der Waals surface area contributed by atoms with Crippen LogP contribution in [0.4, 0.5) is 0 Å². The quantitative estimate of drug-likeness (QED) is 0.554. The van der Waals surface area contributed by atoms with Gasteiger partial charge >= 0.3 is 0 Å². The summed E-state index contributed by atoms with van der Waals surface area (Å²) in [6, 6.07) is 14.7. The molecule has 3 aromatic rings. The molecule has 0 saturated heterocycles. The molecule has 1 aliphatic rings. The molecule has 1 saturated carbocycles. The lowest BCUT2D eigenvalue weighted by atomic mass is 10.2. The molecule has 1 heterocycles. The Labute approximate surface area is 168 Å². The Balaban J connectivity index is 1.68. The monoisotopic (exact) mass is 418 g/mol. The third-order valence-electron chi connectivity index (χ3n) is 4.47. The normalized spacial score (nSPS) is 14.4. The van der Waals surface area contributed by atoms with Gasteiger partial charge in [-0.2, -0.15) is 5.10 Å². The van der Waals surface area contributed by atoms with Gasteiger partial charge in [-0.25, -0.2) is 8.42 Å². The number of benzene rings is 2. The smallest absolute Gasteiger partial charge is 0.175 e. The second kappa shape index (κ2) is 7.34. The summed E-state index contributed by atoms with van der Waals surface area (Å²) in [7, 11) is -3.21. The van der Waals surface area contributed by atoms with Crippen molar-refractivity contribution in [1.82, 2.24) is 9.78 Å². The molecule has 2 aromatic carbocycles. The van der Waals surface area contributed by atoms with Gasteiger partial charge in [-0.05, 0) is 55.2 Å². The summed E-state index contributed by atoms with van der Waals surface area (Å²) in [6.45, 7) is 0.926. The maximum atomic E-state index is 11.7. The van der Waals surface area contributed by atoms with E-state index >= 15 is 0 Å². The van der Waals surface area contributed by atoms with E-state index in [1.54, 1.807) is 23.9 Å². The van der Waals surface area contributed by atoms with Crippen LogP contribution < -0.4 is 0 Å². The molecule has 7 heteroatoms. The van der Waals surface area contributed by atoms with Gasteiger partial charge in [0.1, 0.15) is 5.69 Å². The van der Waals surface area contributed by atoms with Crippen molar-refractivity contribution in [2.24, 2.45) is 5.92 Å². The molecule has 0 aliphatic heterocycles. The van der Waals surface area contributed by atoms with Crippen LogP contribution in [0, 0.1) is 5.92 Å². The molecule has 1 fully saturated rings. The van der Waals surface area contributed by atoms with E-state index in [0.717, 1.165) is 33.5 Å². The molecule has 0 spiro atoms. The van der Waals surface area contributed by atoms with E-state index in [2.05, 4.69) is 6.20 Å². The van der Waals surface area contributed by atoms with Gasteiger partial charge in [-0.1, -0.05) is 35.5 Å². The Hall–Kier alpha value is -1.76. The number of halogens is 1. The van der Waals surface area contributed by atoms with Crippen LogP contribution in [-0.4, -0.2) is 24.5 Å². The molecule has 4 nitrogen and oxygen atoms in total. The first-order valence-corrected chi connectivity index (χ1v) is 11.8. The predicted molar refractivity (Wildman–Crippen MR) is 109 cm³/mol. The van der Waals surface area contributed by atoms with Gasteiger partial charge in [0.2, 0.25) is 0 Å². The van der Waals surface area contributed by atoms with Crippen LogP contribution >= 0.6 is 23.4 Å². The maximum absolute atomic E-state index is 11.7. The first-order chi connectivity index (χ1) is 12.9. The number of aromatic nitrogens is 2. The van der Waals surface area contributed by atoms with E-state index in [9.17, 15) is 8.42 Å². The van der Waals surface area contributed by atoms with Crippen LogP contribution in [-0.2, 0) is 16.4 Å². The molecular weight excluding hydrogens is 400 g/mol. The third-order valence-corrected chi connectivity index (χ3v) is 6.87. The Kier molecular flexibility index (Phi) is 5.05. The standard InChI is InChI=1S/C20H19ClN2O2S2/c1-27(24,25)18-10-4-15(5-11-18)20-19(13-23(22-20)12-14-2-3-14)26-17-8-6-16(21)7-9-17/h4-11,13-14H,2-3,12H2,1H3. The van der Waals surface area contributed by atoms with Gasteiger partial charge in [0, 0.05) is 34.5 Å². The number of sulfone groups is 1. The Bertz CT molecular complexity index is 1050. The summed E-state index contributed by atoms with van der Waals surface area (Å²) in [5.41, 5.74) is 1.78. The summed E-state index contributed by atoms with van der Waals surface area (Å²) in [4.78, 5) is 2.44. The van der Waals surface area contributed by atoms with Crippen molar-refractivity contribution >= 4 is 33.2 Å². The minimum absolute atomic E-state index is 0.315. The number of hydrogen-bond donors (Lipinski definition) is 0. The number of hydrogen-bond acceptors (Lipinski definition) is 4. The van der Waals surface area contributed by atoms with E-state index in [-0.39, 0.29) is 0 Å². The van der Waals surface area contributed by atoms with E-state index in [1.807, 2.05) is 41.1 Å². The van der Waals surface area contributed by atoms with Crippen LogP contribution in [0.3, 0.4) is 0 Å². The minimum Gasteiger partial charge on any atom is -0.271 e. The van der Waals surface area contributed by atoms with Crippen LogP contribution in [0.1, 0.15) is 12.8 Å². The van der Waals surface area contributed by atoms with Gasteiger partial charge < -0.3 is 0 Å². The molecule has 1 aliphatic carbocycles. The Morgan fingerprint density at radius 1 is 1.11 bits per heavy atom. The van der Waals surface area contributed by atoms with Crippen molar-refractivity contribution in [2.45, 2.75) is 34.1 Å². The fraction of sp³-hybridized carbons (Fsp3) is 0.250. The van der Waals surface area contributed by atoms with E-state index < -0.39 is 9.84 Å². The fourth-order valence-electron chi connectivity index (χ4n) is 2.83. The molecule has 1 aromatic heterocycles. The highest BCUT2D eigenvalue weighted by molar-refractivity contribution is 7.99. The lowest BCUT2D eigenvalue weighted by Gasteiger charge is -2.04. The molecule has 0 bridgehead atoms. The lowest BCUT2D eigenvalue weighted by molar-refractivity contribution is 0.563. The van der Waals surface area contributed by atoms with Gasteiger partial charge in [-0.3, -0.25) is 4.68 Å². The highest BCUT2D eigenvalue weighted by Gasteiger charge is 2.23. The van der Waals surface area contributed by atoms with Crippen molar-refractivity contribution < 1.29 is 8.42 Å². The topological polar surface area (TPSA) is 52.0 Å². The van der Waals surface area contributed by atoms with Crippen molar-refractivity contribution in [2.75, 3.05) is 6.26 Å². The minimum atomic E-state index is -3.21. The molecule has 0 radical (unpaired) electrons. The fourth-order valence-corrected chi connectivity index (χ4v) is 4.54. The zero-order chi connectivity index (χ0) is 19.0. The first kappa shape index (κ1) is 18.6. The summed E-state index contributed by atoms with van der Waals surface area (Å²) < 4.78 is 25.4. The summed E-state index contributed by atoms with van der Waals surface area (Å²) >= 11 is 7.62. The van der Waals surface area contributed by atoms with Gasteiger partial charge in [-0.15, -0.1) is 0 Å². The molecule has 0 N–H and O–H groups in total. The maximum Gasteiger partial charge on any atom is 0.175 e. The largest absolute Gasteiger partial charge is 0.271 e. The van der Waals surface area contributed by atoms with Crippen LogP contribution in [0.25, 0.3) is 11.3 Å². The molecule has 140 valence electrons. The van der Waals surface area contributed by atoms with Crippen LogP contribution in [0.2, 0.25) is 5.02 Å². The van der Waals surface area contributed by atoms with E-state index in [4.69, 9.17) is 16.7 Å². The van der Waals surface area contributed by atoms with Gasteiger partial charge in [0.15, 0.2) is 9.84 Å². The molecule has 0 unspecified atom stereocenters. The lowest BCUT2D eigenvalue weighted by Crippen LogP contribution is -2.00. The average molecular weight is 419 g/mol. The predicted octanol–water partition coefficient (Wildman–Crippen LogP) is 5.17. The second-order valence-electron chi connectivity index (χ2n) is 6.86. The Morgan fingerprint density at radius 3 is 2.37 bits per heavy atom. The molecule has 4 rings (SSSR count). The highest BCUT2D eigenvalue weighted by Crippen LogP contribution is 2.37. The summed E-state index contributed by atoms with van der Waals surface area (Å²) in [5.74, 6) is 0.721. The van der Waals surface area contributed by atoms with Gasteiger partial charge in [0.25, 0.3) is 0 Å². The van der Waals surface area contributed by atoms with Crippen molar-refractivity contribution in [3.63, 3.8) is 0 Å². The van der Waals surface area contributed by atoms with E-state index in [1.165, 1.54) is 19.1 Å². The van der Waals surface area contributed by atoms with Gasteiger partial charge in [0.05, 0.1) is 9.79 Å². The van der Waals surface area contributed by atoms with E-state index in [0.29, 0.717) is 9.92 Å². The number of rotatable bonds is 6. The first-order valence-electron chi connectivity index (χ1n) is 8.70. The van der Waals surface area contributed by atoms with Crippen LogP contribution in [0.15, 0.2) is 69.4 Å².